The zero-order valence-electron chi connectivity index (χ0n) is 17.6. The van der Waals surface area contributed by atoms with E-state index in [0.29, 0.717) is 41.3 Å². The van der Waals surface area contributed by atoms with E-state index in [4.69, 9.17) is 4.74 Å². The quantitative estimate of drug-likeness (QED) is 0.270. The van der Waals surface area contributed by atoms with Crippen LogP contribution in [0.15, 0.2) is 66.7 Å². The SMILES string of the molecule is CCCOc1cc(F)c(-c2ccc3c(F)c(CCc4ccc(F)cc4)ccc3c2)c(F)c1. The van der Waals surface area contributed by atoms with Gasteiger partial charge in [-0.15, -0.1) is 0 Å². The Morgan fingerprint density at radius 3 is 2.16 bits per heavy atom. The second-order valence-corrected chi connectivity index (χ2v) is 7.71. The van der Waals surface area contributed by atoms with Gasteiger partial charge >= 0.3 is 0 Å². The van der Waals surface area contributed by atoms with Crippen molar-refractivity contribution in [3.63, 3.8) is 0 Å². The van der Waals surface area contributed by atoms with Crippen LogP contribution < -0.4 is 4.74 Å². The van der Waals surface area contributed by atoms with Crippen LogP contribution >= 0.6 is 0 Å². The molecule has 32 heavy (non-hydrogen) atoms. The summed E-state index contributed by atoms with van der Waals surface area (Å²) in [6, 6.07) is 16.5. The molecule has 0 aliphatic carbocycles. The first-order valence-electron chi connectivity index (χ1n) is 10.5. The number of hydrogen-bond acceptors (Lipinski definition) is 1. The van der Waals surface area contributed by atoms with Gasteiger partial charge in [-0.1, -0.05) is 43.3 Å². The van der Waals surface area contributed by atoms with Crippen molar-refractivity contribution in [1.82, 2.24) is 0 Å². The first-order chi connectivity index (χ1) is 15.5. The number of benzene rings is 4. The molecule has 0 fully saturated rings. The van der Waals surface area contributed by atoms with E-state index in [9.17, 15) is 13.2 Å². The Hall–Kier alpha value is -3.34. The molecule has 0 saturated carbocycles. The second-order valence-electron chi connectivity index (χ2n) is 7.71. The van der Waals surface area contributed by atoms with Crippen molar-refractivity contribution in [3.05, 3.63) is 101 Å². The van der Waals surface area contributed by atoms with Crippen LogP contribution in [0.1, 0.15) is 24.5 Å². The van der Waals surface area contributed by atoms with Crippen LogP contribution in [-0.2, 0) is 12.8 Å². The summed E-state index contributed by atoms with van der Waals surface area (Å²) >= 11 is 0. The average Bonchev–Trinajstić information content (AvgIpc) is 2.78. The van der Waals surface area contributed by atoms with Crippen LogP contribution in [0.25, 0.3) is 21.9 Å². The lowest BCUT2D eigenvalue weighted by molar-refractivity contribution is 0.314. The van der Waals surface area contributed by atoms with E-state index >= 15 is 4.39 Å². The highest BCUT2D eigenvalue weighted by molar-refractivity contribution is 5.88. The molecule has 0 atom stereocenters. The predicted molar refractivity (Wildman–Crippen MR) is 119 cm³/mol. The van der Waals surface area contributed by atoms with E-state index < -0.39 is 11.6 Å². The van der Waals surface area contributed by atoms with E-state index in [1.54, 1.807) is 36.4 Å². The highest BCUT2D eigenvalue weighted by Crippen LogP contribution is 2.33. The second kappa shape index (κ2) is 9.43. The minimum atomic E-state index is -0.730. The standard InChI is InChI=1S/C27H22F4O/c1-2-13-32-22-15-24(29)26(25(30)16-22)20-9-12-23-19(14-20)8-7-18(27(23)31)6-3-17-4-10-21(28)11-5-17/h4-5,7-12,14-16H,2-3,6,13H2,1H3. The molecule has 4 rings (SSSR count). The lowest BCUT2D eigenvalue weighted by Crippen LogP contribution is -1.99. The molecule has 0 radical (unpaired) electrons. The molecule has 1 nitrogen and oxygen atoms in total. The first-order valence-corrected chi connectivity index (χ1v) is 10.5. The average molecular weight is 438 g/mol. The van der Waals surface area contributed by atoms with Gasteiger partial charge in [0.05, 0.1) is 12.2 Å². The number of ether oxygens (including phenoxy) is 1. The molecule has 0 aliphatic rings. The van der Waals surface area contributed by atoms with Crippen LogP contribution in [0.2, 0.25) is 0 Å². The molecule has 164 valence electrons. The normalized spacial score (nSPS) is 11.2. The van der Waals surface area contributed by atoms with E-state index in [1.807, 2.05) is 6.92 Å². The Morgan fingerprint density at radius 2 is 1.47 bits per heavy atom. The molecule has 5 heteroatoms. The largest absolute Gasteiger partial charge is 0.493 e. The van der Waals surface area contributed by atoms with E-state index in [2.05, 4.69) is 0 Å². The van der Waals surface area contributed by atoms with Gasteiger partial charge in [0.1, 0.15) is 29.0 Å². The van der Waals surface area contributed by atoms with Gasteiger partial charge in [0.15, 0.2) is 0 Å². The summed E-state index contributed by atoms with van der Waals surface area (Å²) in [4.78, 5) is 0. The van der Waals surface area contributed by atoms with E-state index in [0.717, 1.165) is 24.1 Å². The fraction of sp³-hybridized carbons (Fsp3) is 0.185. The maximum atomic E-state index is 15.1. The Labute approximate surface area is 184 Å². The number of aryl methyl sites for hydroxylation is 2. The van der Waals surface area contributed by atoms with Gasteiger partial charge in [0.2, 0.25) is 0 Å². The minimum absolute atomic E-state index is 0.142. The summed E-state index contributed by atoms with van der Waals surface area (Å²) in [6.45, 7) is 2.28. The Kier molecular flexibility index (Phi) is 6.45. The van der Waals surface area contributed by atoms with Crippen molar-refractivity contribution in [2.75, 3.05) is 6.61 Å². The molecule has 0 unspecified atom stereocenters. The first kappa shape index (κ1) is 21.9. The van der Waals surface area contributed by atoms with Crippen LogP contribution in [0.3, 0.4) is 0 Å². The number of fused-ring (bicyclic) bond motifs is 1. The summed E-state index contributed by atoms with van der Waals surface area (Å²) < 4.78 is 62.7. The van der Waals surface area contributed by atoms with Crippen molar-refractivity contribution in [2.45, 2.75) is 26.2 Å². The Morgan fingerprint density at radius 1 is 0.750 bits per heavy atom. The molecule has 0 spiro atoms. The maximum Gasteiger partial charge on any atom is 0.137 e. The van der Waals surface area contributed by atoms with Gasteiger partial charge in [-0.05, 0) is 59.5 Å². The molecular formula is C27H22F4O. The summed E-state index contributed by atoms with van der Waals surface area (Å²) in [5.74, 6) is -1.99. The van der Waals surface area contributed by atoms with Gasteiger partial charge in [-0.2, -0.15) is 0 Å². The Balaban J connectivity index is 1.61. The van der Waals surface area contributed by atoms with Gasteiger partial charge in [0, 0.05) is 17.5 Å². The zero-order chi connectivity index (χ0) is 22.7. The highest BCUT2D eigenvalue weighted by Gasteiger charge is 2.16. The van der Waals surface area contributed by atoms with Crippen molar-refractivity contribution >= 4 is 10.8 Å². The minimum Gasteiger partial charge on any atom is -0.493 e. The molecule has 0 heterocycles. The van der Waals surface area contributed by atoms with Crippen molar-refractivity contribution in [1.29, 1.82) is 0 Å². The highest BCUT2D eigenvalue weighted by atomic mass is 19.1. The third-order valence-corrected chi connectivity index (χ3v) is 5.41. The lowest BCUT2D eigenvalue weighted by Gasteiger charge is -2.12. The van der Waals surface area contributed by atoms with Crippen molar-refractivity contribution < 1.29 is 22.3 Å². The summed E-state index contributed by atoms with van der Waals surface area (Å²) in [6.07, 6.45) is 1.76. The zero-order valence-corrected chi connectivity index (χ0v) is 17.6. The van der Waals surface area contributed by atoms with Crippen LogP contribution in [0, 0.1) is 23.3 Å². The summed E-state index contributed by atoms with van der Waals surface area (Å²) in [5, 5.41) is 0.935. The van der Waals surface area contributed by atoms with Gasteiger partial charge in [0.25, 0.3) is 0 Å². The molecule has 0 aliphatic heterocycles. The van der Waals surface area contributed by atoms with Gasteiger partial charge in [-0.25, -0.2) is 17.6 Å². The smallest absolute Gasteiger partial charge is 0.137 e. The van der Waals surface area contributed by atoms with E-state index in [1.165, 1.54) is 18.2 Å². The van der Waals surface area contributed by atoms with E-state index in [-0.39, 0.29) is 22.9 Å². The fourth-order valence-electron chi connectivity index (χ4n) is 3.74. The number of hydrogen-bond donors (Lipinski definition) is 0. The fourth-order valence-corrected chi connectivity index (χ4v) is 3.74. The molecule has 4 aromatic rings. The molecule has 0 bridgehead atoms. The maximum absolute atomic E-state index is 15.1. The molecule has 0 aromatic heterocycles. The number of halogens is 4. The van der Waals surface area contributed by atoms with Crippen LogP contribution in [-0.4, -0.2) is 6.61 Å². The topological polar surface area (TPSA) is 9.23 Å². The van der Waals surface area contributed by atoms with Crippen LogP contribution in [0.4, 0.5) is 17.6 Å². The Bertz CT molecular complexity index is 1230. The predicted octanol–water partition coefficient (Wildman–Crippen LogP) is 7.64. The monoisotopic (exact) mass is 438 g/mol. The third-order valence-electron chi connectivity index (χ3n) is 5.41. The molecule has 4 aromatic carbocycles. The van der Waals surface area contributed by atoms with Gasteiger partial charge < -0.3 is 4.74 Å². The van der Waals surface area contributed by atoms with Gasteiger partial charge in [-0.3, -0.25) is 0 Å². The molecule has 0 saturated heterocycles. The third kappa shape index (κ3) is 4.62. The lowest BCUT2D eigenvalue weighted by atomic mass is 9.96. The van der Waals surface area contributed by atoms with Crippen LogP contribution in [0.5, 0.6) is 5.75 Å². The van der Waals surface area contributed by atoms with Crippen molar-refractivity contribution in [2.24, 2.45) is 0 Å². The number of rotatable bonds is 7. The summed E-state index contributed by atoms with van der Waals surface area (Å²) in [7, 11) is 0. The van der Waals surface area contributed by atoms with Crippen molar-refractivity contribution in [3.8, 4) is 16.9 Å². The molecule has 0 amide bonds. The summed E-state index contributed by atoms with van der Waals surface area (Å²) in [5.41, 5.74) is 1.60. The molecular weight excluding hydrogens is 416 g/mol. The molecule has 0 N–H and O–H groups in total.